The maximum absolute atomic E-state index is 11.8. The molecule has 0 bridgehead atoms. The molecule has 0 radical (unpaired) electrons. The molecule has 0 fully saturated rings. The molecule has 10 heteroatoms. The van der Waals surface area contributed by atoms with E-state index in [4.69, 9.17) is 4.74 Å². The second kappa shape index (κ2) is 6.83. The number of aromatic hydroxyl groups is 1. The summed E-state index contributed by atoms with van der Waals surface area (Å²) in [5, 5.41) is 14.1. The Morgan fingerprint density at radius 1 is 1.28 bits per heavy atom. The zero-order valence-electron chi connectivity index (χ0n) is 13.1. The molecule has 1 aliphatic rings. The number of benzene rings is 1. The standard InChI is InChI=1S/C15H14N6O4/c1-9-8-21(14(23)19-18-9)20-15(24)25-12-6-16-13(17-7-12)10-2-4-11(22)5-3-10/h2-7,22H,8H2,1H3,(H,19,23)(H,20,24). The summed E-state index contributed by atoms with van der Waals surface area (Å²) in [5.74, 6) is 0.667. The Morgan fingerprint density at radius 3 is 2.64 bits per heavy atom. The van der Waals surface area contributed by atoms with Crippen LogP contribution in [0.2, 0.25) is 0 Å². The first kappa shape index (κ1) is 16.2. The van der Waals surface area contributed by atoms with Crippen molar-refractivity contribution in [2.24, 2.45) is 5.10 Å². The number of nitrogens with zero attached hydrogens (tertiary/aromatic N) is 4. The average molecular weight is 342 g/mol. The van der Waals surface area contributed by atoms with Crippen molar-refractivity contribution in [2.45, 2.75) is 6.92 Å². The molecule has 1 aliphatic heterocycles. The van der Waals surface area contributed by atoms with Gasteiger partial charge in [0.1, 0.15) is 5.75 Å². The Hall–Kier alpha value is -3.69. The third-order valence-corrected chi connectivity index (χ3v) is 3.16. The lowest BCUT2D eigenvalue weighted by Crippen LogP contribution is -2.54. The van der Waals surface area contributed by atoms with E-state index in [1.165, 1.54) is 24.5 Å². The zero-order chi connectivity index (χ0) is 17.8. The summed E-state index contributed by atoms with van der Waals surface area (Å²) in [5.41, 5.74) is 5.87. The fourth-order valence-corrected chi connectivity index (χ4v) is 2.00. The fraction of sp³-hybridized carbons (Fsp3) is 0.133. The average Bonchev–Trinajstić information content (AvgIpc) is 2.59. The van der Waals surface area contributed by atoms with E-state index in [1.807, 2.05) is 0 Å². The minimum atomic E-state index is -0.856. The van der Waals surface area contributed by atoms with Gasteiger partial charge in [0.15, 0.2) is 11.6 Å². The molecule has 2 heterocycles. The Labute approximate surface area is 142 Å². The first-order chi connectivity index (χ1) is 12.0. The number of phenolic OH excluding ortho intramolecular Hbond substituents is 1. The second-order valence-electron chi connectivity index (χ2n) is 5.14. The number of hydrazone groups is 1. The minimum Gasteiger partial charge on any atom is -0.508 e. The molecular weight excluding hydrogens is 328 g/mol. The maximum Gasteiger partial charge on any atom is 0.431 e. The third-order valence-electron chi connectivity index (χ3n) is 3.16. The summed E-state index contributed by atoms with van der Waals surface area (Å²) in [6.07, 6.45) is 1.81. The molecule has 1 aromatic heterocycles. The number of hydrogen-bond donors (Lipinski definition) is 3. The highest BCUT2D eigenvalue weighted by molar-refractivity contribution is 5.92. The molecular formula is C15H14N6O4. The van der Waals surface area contributed by atoms with E-state index < -0.39 is 12.1 Å². The highest BCUT2D eigenvalue weighted by Gasteiger charge is 2.21. The van der Waals surface area contributed by atoms with E-state index in [1.54, 1.807) is 19.1 Å². The van der Waals surface area contributed by atoms with Gasteiger partial charge in [-0.15, -0.1) is 0 Å². The highest BCUT2D eigenvalue weighted by atomic mass is 16.6. The van der Waals surface area contributed by atoms with Crippen molar-refractivity contribution in [2.75, 3.05) is 6.54 Å². The van der Waals surface area contributed by atoms with Crippen LogP contribution in [0, 0.1) is 0 Å². The molecule has 3 N–H and O–H groups in total. The van der Waals surface area contributed by atoms with E-state index in [0.29, 0.717) is 17.1 Å². The zero-order valence-corrected chi connectivity index (χ0v) is 13.1. The normalized spacial score (nSPS) is 13.7. The van der Waals surface area contributed by atoms with Crippen molar-refractivity contribution in [1.82, 2.24) is 25.8 Å². The van der Waals surface area contributed by atoms with Crippen LogP contribution in [-0.4, -0.2) is 44.5 Å². The predicted octanol–water partition coefficient (Wildman–Crippen LogP) is 1.25. The van der Waals surface area contributed by atoms with Crippen molar-refractivity contribution < 1.29 is 19.4 Å². The Bertz CT molecular complexity index is 819. The number of hydrazine groups is 1. The number of carbonyl (C=O) groups excluding carboxylic acids is 2. The molecule has 0 unspecified atom stereocenters. The number of aromatic nitrogens is 2. The van der Waals surface area contributed by atoms with Crippen molar-refractivity contribution in [3.05, 3.63) is 36.7 Å². The molecule has 0 aliphatic carbocycles. The van der Waals surface area contributed by atoms with Gasteiger partial charge in [0.2, 0.25) is 0 Å². The van der Waals surface area contributed by atoms with Gasteiger partial charge in [-0.05, 0) is 31.2 Å². The Kier molecular flexibility index (Phi) is 4.42. The highest BCUT2D eigenvalue weighted by Crippen LogP contribution is 2.19. The second-order valence-corrected chi connectivity index (χ2v) is 5.14. The number of ether oxygens (including phenoxy) is 1. The van der Waals surface area contributed by atoms with Crippen LogP contribution >= 0.6 is 0 Å². The van der Waals surface area contributed by atoms with Crippen LogP contribution in [0.25, 0.3) is 11.4 Å². The van der Waals surface area contributed by atoms with Crippen LogP contribution in [0.4, 0.5) is 9.59 Å². The summed E-state index contributed by atoms with van der Waals surface area (Å²) in [7, 11) is 0. The maximum atomic E-state index is 11.8. The molecule has 1 aromatic carbocycles. The summed E-state index contributed by atoms with van der Waals surface area (Å²) < 4.78 is 5.03. The number of hydrogen-bond acceptors (Lipinski definition) is 7. The molecule has 128 valence electrons. The smallest absolute Gasteiger partial charge is 0.431 e. The van der Waals surface area contributed by atoms with Crippen LogP contribution in [-0.2, 0) is 0 Å². The van der Waals surface area contributed by atoms with Crippen molar-refractivity contribution in [1.29, 1.82) is 0 Å². The van der Waals surface area contributed by atoms with E-state index in [2.05, 4.69) is 25.9 Å². The Morgan fingerprint density at radius 2 is 1.96 bits per heavy atom. The van der Waals surface area contributed by atoms with Crippen molar-refractivity contribution in [3.63, 3.8) is 0 Å². The fourth-order valence-electron chi connectivity index (χ4n) is 2.00. The quantitative estimate of drug-likeness (QED) is 0.770. The lowest BCUT2D eigenvalue weighted by Gasteiger charge is -2.24. The number of urea groups is 1. The summed E-state index contributed by atoms with van der Waals surface area (Å²) in [4.78, 5) is 31.6. The van der Waals surface area contributed by atoms with Crippen molar-refractivity contribution >= 4 is 17.8 Å². The van der Waals surface area contributed by atoms with Crippen LogP contribution in [0.15, 0.2) is 41.8 Å². The lowest BCUT2D eigenvalue weighted by atomic mass is 10.2. The third kappa shape index (κ3) is 3.99. The van der Waals surface area contributed by atoms with Gasteiger partial charge in [-0.1, -0.05) is 0 Å². The first-order valence-electron chi connectivity index (χ1n) is 7.22. The van der Waals surface area contributed by atoms with Crippen LogP contribution in [0.5, 0.6) is 11.5 Å². The summed E-state index contributed by atoms with van der Waals surface area (Å²) in [6.45, 7) is 1.85. The molecule has 0 saturated heterocycles. The van der Waals surface area contributed by atoms with Crippen LogP contribution in [0.1, 0.15) is 6.92 Å². The molecule has 0 atom stereocenters. The molecule has 25 heavy (non-hydrogen) atoms. The van der Waals surface area contributed by atoms with Gasteiger partial charge in [-0.25, -0.2) is 35.4 Å². The van der Waals surface area contributed by atoms with Crippen LogP contribution < -0.4 is 15.6 Å². The van der Waals surface area contributed by atoms with E-state index in [9.17, 15) is 14.7 Å². The predicted molar refractivity (Wildman–Crippen MR) is 86.6 cm³/mol. The Balaban J connectivity index is 1.61. The number of amides is 3. The molecule has 2 aromatic rings. The van der Waals surface area contributed by atoms with Gasteiger partial charge < -0.3 is 9.84 Å². The molecule has 3 amide bonds. The van der Waals surface area contributed by atoms with Crippen LogP contribution in [0.3, 0.4) is 0 Å². The summed E-state index contributed by atoms with van der Waals surface area (Å²) in [6, 6.07) is 5.80. The number of rotatable bonds is 3. The first-order valence-corrected chi connectivity index (χ1v) is 7.22. The monoisotopic (exact) mass is 342 g/mol. The van der Waals surface area contributed by atoms with E-state index in [-0.39, 0.29) is 18.0 Å². The number of carbonyl (C=O) groups is 2. The summed E-state index contributed by atoms with van der Waals surface area (Å²) >= 11 is 0. The van der Waals surface area contributed by atoms with Gasteiger partial charge in [-0.2, -0.15) is 5.10 Å². The van der Waals surface area contributed by atoms with Gasteiger partial charge in [-0.3, -0.25) is 0 Å². The minimum absolute atomic E-state index is 0.114. The van der Waals surface area contributed by atoms with Gasteiger partial charge >= 0.3 is 12.1 Å². The lowest BCUT2D eigenvalue weighted by molar-refractivity contribution is 0.151. The van der Waals surface area contributed by atoms with E-state index >= 15 is 0 Å². The number of nitrogens with one attached hydrogen (secondary N) is 2. The molecule has 0 saturated carbocycles. The van der Waals surface area contributed by atoms with Gasteiger partial charge in [0.25, 0.3) is 0 Å². The number of phenols is 1. The van der Waals surface area contributed by atoms with Gasteiger partial charge in [0, 0.05) is 5.56 Å². The largest absolute Gasteiger partial charge is 0.508 e. The SMILES string of the molecule is CC1=NNC(=O)N(NC(=O)Oc2cnc(-c3ccc(O)cc3)nc2)C1. The van der Waals surface area contributed by atoms with Crippen molar-refractivity contribution in [3.8, 4) is 22.9 Å². The van der Waals surface area contributed by atoms with E-state index in [0.717, 1.165) is 5.01 Å². The molecule has 10 nitrogen and oxygen atoms in total. The molecule has 0 spiro atoms. The van der Waals surface area contributed by atoms with Gasteiger partial charge in [0.05, 0.1) is 24.7 Å². The topological polar surface area (TPSA) is 129 Å². The molecule has 3 rings (SSSR count).